The first-order valence-electron chi connectivity index (χ1n) is 10.2. The topological polar surface area (TPSA) is 56.1 Å². The number of benzene rings is 3. The van der Waals surface area contributed by atoms with E-state index < -0.39 is 0 Å². The first kappa shape index (κ1) is 20.9. The van der Waals surface area contributed by atoms with Gasteiger partial charge in [0.2, 0.25) is 0 Å². The number of fused-ring (bicyclic) bond motifs is 1. The van der Waals surface area contributed by atoms with E-state index >= 15 is 0 Å². The molecule has 4 rings (SSSR count). The van der Waals surface area contributed by atoms with E-state index in [-0.39, 0.29) is 11.9 Å². The molecule has 5 nitrogen and oxygen atoms in total. The number of amides is 1. The Balaban J connectivity index is 1.54. The highest BCUT2D eigenvalue weighted by atomic mass is 35.5. The summed E-state index contributed by atoms with van der Waals surface area (Å²) in [5.41, 5.74) is 3.56. The fourth-order valence-corrected chi connectivity index (χ4v) is 3.70. The van der Waals surface area contributed by atoms with Crippen molar-refractivity contribution in [1.82, 2.24) is 14.9 Å². The zero-order valence-corrected chi connectivity index (χ0v) is 18.3. The average Bonchev–Trinajstić information content (AvgIpc) is 3.14. The molecule has 1 N–H and O–H groups in total. The molecule has 0 spiro atoms. The SMILES string of the molecule is Cc1ccccc1OCCn1c(C(C)NC(=O)c2ccc(Cl)cc2)nc2ccccc21. The van der Waals surface area contributed by atoms with E-state index in [1.165, 1.54) is 0 Å². The highest BCUT2D eigenvalue weighted by molar-refractivity contribution is 6.30. The number of imidazole rings is 1. The molecule has 1 atom stereocenters. The molecule has 1 aromatic heterocycles. The van der Waals surface area contributed by atoms with Gasteiger partial charge in [0.1, 0.15) is 18.2 Å². The lowest BCUT2D eigenvalue weighted by atomic mass is 10.2. The van der Waals surface area contributed by atoms with Gasteiger partial charge in [-0.25, -0.2) is 4.98 Å². The smallest absolute Gasteiger partial charge is 0.251 e. The van der Waals surface area contributed by atoms with Gasteiger partial charge in [0.15, 0.2) is 0 Å². The molecule has 6 heteroatoms. The maximum Gasteiger partial charge on any atom is 0.251 e. The van der Waals surface area contributed by atoms with Crippen molar-refractivity contribution < 1.29 is 9.53 Å². The number of ether oxygens (including phenoxy) is 1. The van der Waals surface area contributed by atoms with E-state index in [0.29, 0.717) is 23.7 Å². The monoisotopic (exact) mass is 433 g/mol. The summed E-state index contributed by atoms with van der Waals surface area (Å²) in [6.07, 6.45) is 0. The molecule has 31 heavy (non-hydrogen) atoms. The lowest BCUT2D eigenvalue weighted by Gasteiger charge is -2.17. The number of rotatable bonds is 7. The van der Waals surface area contributed by atoms with Gasteiger partial charge in [-0.05, 0) is 61.9 Å². The minimum absolute atomic E-state index is 0.168. The molecule has 1 unspecified atom stereocenters. The average molecular weight is 434 g/mol. The van der Waals surface area contributed by atoms with Gasteiger partial charge in [-0.3, -0.25) is 4.79 Å². The normalized spacial score (nSPS) is 12.0. The number of aromatic nitrogens is 2. The molecule has 0 saturated carbocycles. The van der Waals surface area contributed by atoms with E-state index in [4.69, 9.17) is 21.3 Å². The van der Waals surface area contributed by atoms with E-state index in [0.717, 1.165) is 28.2 Å². The molecular weight excluding hydrogens is 410 g/mol. The lowest BCUT2D eigenvalue weighted by Crippen LogP contribution is -2.29. The molecule has 4 aromatic rings. The summed E-state index contributed by atoms with van der Waals surface area (Å²) >= 11 is 5.93. The van der Waals surface area contributed by atoms with Crippen LogP contribution < -0.4 is 10.1 Å². The van der Waals surface area contributed by atoms with Crippen LogP contribution in [0.1, 0.15) is 34.7 Å². The van der Waals surface area contributed by atoms with Crippen molar-refractivity contribution in [3.05, 3.63) is 94.8 Å². The Kier molecular flexibility index (Phi) is 6.23. The van der Waals surface area contributed by atoms with Crippen LogP contribution in [-0.2, 0) is 6.54 Å². The Hall–Kier alpha value is -3.31. The second kappa shape index (κ2) is 9.23. The Morgan fingerprint density at radius 3 is 2.55 bits per heavy atom. The van der Waals surface area contributed by atoms with Crippen LogP contribution >= 0.6 is 11.6 Å². The number of para-hydroxylation sites is 3. The number of hydrogen-bond donors (Lipinski definition) is 1. The van der Waals surface area contributed by atoms with E-state index in [1.54, 1.807) is 24.3 Å². The minimum Gasteiger partial charge on any atom is -0.491 e. The number of nitrogens with one attached hydrogen (secondary N) is 1. The first-order valence-corrected chi connectivity index (χ1v) is 10.6. The third-order valence-corrected chi connectivity index (χ3v) is 5.44. The molecule has 0 bridgehead atoms. The number of aryl methyl sites for hydroxylation is 1. The van der Waals surface area contributed by atoms with E-state index in [1.807, 2.05) is 62.4 Å². The van der Waals surface area contributed by atoms with Gasteiger partial charge < -0.3 is 14.6 Å². The molecule has 1 heterocycles. The number of halogens is 1. The van der Waals surface area contributed by atoms with Crippen molar-refractivity contribution in [3.63, 3.8) is 0 Å². The third-order valence-electron chi connectivity index (χ3n) is 5.19. The van der Waals surface area contributed by atoms with Gasteiger partial charge in [-0.1, -0.05) is 41.9 Å². The molecule has 158 valence electrons. The molecule has 0 aliphatic rings. The van der Waals surface area contributed by atoms with Crippen LogP contribution in [-0.4, -0.2) is 22.1 Å². The maximum absolute atomic E-state index is 12.7. The summed E-state index contributed by atoms with van der Waals surface area (Å²) in [5, 5.41) is 3.64. The van der Waals surface area contributed by atoms with Crippen molar-refractivity contribution in [2.75, 3.05) is 6.61 Å². The first-order chi connectivity index (χ1) is 15.0. The molecular formula is C25H24ClN3O2. The van der Waals surface area contributed by atoms with Crippen LogP contribution in [0.2, 0.25) is 5.02 Å². The summed E-state index contributed by atoms with van der Waals surface area (Å²) in [5.74, 6) is 1.49. The standard InChI is InChI=1S/C25H24ClN3O2/c1-17-7-3-6-10-23(17)31-16-15-29-22-9-5-4-8-21(22)28-24(29)18(2)27-25(30)19-11-13-20(26)14-12-19/h3-14,18H,15-16H2,1-2H3,(H,27,30). The van der Waals surface area contributed by atoms with Crippen molar-refractivity contribution >= 4 is 28.5 Å². The molecule has 1 amide bonds. The second-order valence-corrected chi connectivity index (χ2v) is 7.86. The van der Waals surface area contributed by atoms with Crippen LogP contribution in [0.5, 0.6) is 5.75 Å². The van der Waals surface area contributed by atoms with Crippen LogP contribution in [0.4, 0.5) is 0 Å². The van der Waals surface area contributed by atoms with Crippen molar-refractivity contribution in [1.29, 1.82) is 0 Å². The Labute approximate surface area is 186 Å². The molecule has 3 aromatic carbocycles. The van der Waals surface area contributed by atoms with Gasteiger partial charge in [0.05, 0.1) is 23.6 Å². The van der Waals surface area contributed by atoms with Crippen LogP contribution in [0.25, 0.3) is 11.0 Å². The predicted molar refractivity (Wildman–Crippen MR) is 124 cm³/mol. The lowest BCUT2D eigenvalue weighted by molar-refractivity contribution is 0.0937. The fourth-order valence-electron chi connectivity index (χ4n) is 3.57. The predicted octanol–water partition coefficient (Wildman–Crippen LogP) is 5.57. The molecule has 0 aliphatic carbocycles. The van der Waals surface area contributed by atoms with E-state index in [2.05, 4.69) is 9.88 Å². The highest BCUT2D eigenvalue weighted by Gasteiger charge is 2.19. The minimum atomic E-state index is -0.283. The Morgan fingerprint density at radius 1 is 1.06 bits per heavy atom. The van der Waals surface area contributed by atoms with Crippen molar-refractivity contribution in [2.45, 2.75) is 26.4 Å². The largest absolute Gasteiger partial charge is 0.491 e. The summed E-state index contributed by atoms with van der Waals surface area (Å²) in [4.78, 5) is 17.5. The zero-order chi connectivity index (χ0) is 21.8. The molecule has 0 saturated heterocycles. The molecule has 0 radical (unpaired) electrons. The summed E-state index contributed by atoms with van der Waals surface area (Å²) in [7, 11) is 0. The summed E-state index contributed by atoms with van der Waals surface area (Å²) in [6.45, 7) is 5.08. The summed E-state index contributed by atoms with van der Waals surface area (Å²) < 4.78 is 8.12. The van der Waals surface area contributed by atoms with Gasteiger partial charge in [0, 0.05) is 10.6 Å². The van der Waals surface area contributed by atoms with Gasteiger partial charge in [-0.2, -0.15) is 0 Å². The molecule has 0 fully saturated rings. The van der Waals surface area contributed by atoms with Crippen molar-refractivity contribution in [3.8, 4) is 5.75 Å². The highest BCUT2D eigenvalue weighted by Crippen LogP contribution is 2.22. The number of carbonyl (C=O) groups is 1. The van der Waals surface area contributed by atoms with Gasteiger partial charge in [-0.15, -0.1) is 0 Å². The maximum atomic E-state index is 12.7. The zero-order valence-electron chi connectivity index (χ0n) is 17.5. The molecule has 0 aliphatic heterocycles. The summed E-state index contributed by atoms with van der Waals surface area (Å²) in [6, 6.07) is 22.5. The second-order valence-electron chi connectivity index (χ2n) is 7.43. The van der Waals surface area contributed by atoms with Crippen LogP contribution in [0.3, 0.4) is 0 Å². The van der Waals surface area contributed by atoms with Crippen LogP contribution in [0.15, 0.2) is 72.8 Å². The Bertz CT molecular complexity index is 1200. The van der Waals surface area contributed by atoms with Crippen LogP contribution in [0, 0.1) is 6.92 Å². The van der Waals surface area contributed by atoms with Gasteiger partial charge >= 0.3 is 0 Å². The van der Waals surface area contributed by atoms with Crippen molar-refractivity contribution in [2.24, 2.45) is 0 Å². The number of hydrogen-bond acceptors (Lipinski definition) is 3. The van der Waals surface area contributed by atoms with Gasteiger partial charge in [0.25, 0.3) is 5.91 Å². The third kappa shape index (κ3) is 4.72. The Morgan fingerprint density at radius 2 is 1.77 bits per heavy atom. The quantitative estimate of drug-likeness (QED) is 0.414. The fraction of sp³-hybridized carbons (Fsp3) is 0.200. The van der Waals surface area contributed by atoms with E-state index in [9.17, 15) is 4.79 Å². The number of nitrogens with zero attached hydrogens (tertiary/aromatic N) is 2. The number of carbonyl (C=O) groups excluding carboxylic acids is 1.